The standard InChI is InChI=1S/C18H25N3O3S/c1-5-12-24-18(14(2)3)11-8-16-13-21(20-19-16)25(22,23)17-9-6-15(4)7-10-17/h5-7,9-10,13-14,18H,1,8,11-12H2,2-4H3. The van der Waals surface area contributed by atoms with Crippen molar-refractivity contribution in [3.05, 3.63) is 54.4 Å². The SMILES string of the molecule is C=CCOC(CCc1cn(S(=O)(=O)c2ccc(C)cc2)nn1)C(C)C. The fourth-order valence-electron chi connectivity index (χ4n) is 2.42. The number of nitrogens with zero attached hydrogens (tertiary/aromatic N) is 3. The van der Waals surface area contributed by atoms with Crippen molar-refractivity contribution in [1.29, 1.82) is 0 Å². The molecular weight excluding hydrogens is 338 g/mol. The number of hydrogen-bond donors (Lipinski definition) is 0. The number of ether oxygens (including phenoxy) is 1. The Bertz CT molecular complexity index is 795. The molecule has 0 bridgehead atoms. The van der Waals surface area contributed by atoms with Crippen LogP contribution >= 0.6 is 0 Å². The van der Waals surface area contributed by atoms with Gasteiger partial charge in [-0.1, -0.05) is 42.8 Å². The molecule has 2 rings (SSSR count). The normalized spacial score (nSPS) is 13.1. The van der Waals surface area contributed by atoms with E-state index in [1.807, 2.05) is 6.92 Å². The highest BCUT2D eigenvalue weighted by Gasteiger charge is 2.20. The van der Waals surface area contributed by atoms with Crippen LogP contribution in [-0.4, -0.2) is 35.5 Å². The first-order valence-electron chi connectivity index (χ1n) is 8.30. The summed E-state index contributed by atoms with van der Waals surface area (Å²) in [6.07, 6.45) is 4.61. The third-order valence-electron chi connectivity index (χ3n) is 3.94. The molecule has 0 radical (unpaired) electrons. The summed E-state index contributed by atoms with van der Waals surface area (Å²) in [5, 5.41) is 7.79. The molecule has 1 atom stereocenters. The number of hydrogen-bond acceptors (Lipinski definition) is 5. The van der Waals surface area contributed by atoms with Crippen molar-refractivity contribution in [2.45, 2.75) is 44.6 Å². The highest BCUT2D eigenvalue weighted by Crippen LogP contribution is 2.16. The molecule has 0 saturated carbocycles. The van der Waals surface area contributed by atoms with Crippen LogP contribution in [-0.2, 0) is 21.2 Å². The molecule has 0 aliphatic heterocycles. The minimum Gasteiger partial charge on any atom is -0.374 e. The van der Waals surface area contributed by atoms with E-state index >= 15 is 0 Å². The van der Waals surface area contributed by atoms with Crippen molar-refractivity contribution >= 4 is 10.0 Å². The summed E-state index contributed by atoms with van der Waals surface area (Å²) in [5.74, 6) is 0.353. The van der Waals surface area contributed by atoms with E-state index in [9.17, 15) is 8.42 Å². The van der Waals surface area contributed by atoms with Crippen LogP contribution in [0.2, 0.25) is 0 Å². The third kappa shape index (κ3) is 4.99. The van der Waals surface area contributed by atoms with Crippen molar-refractivity contribution in [2.24, 2.45) is 5.92 Å². The van der Waals surface area contributed by atoms with Crippen molar-refractivity contribution in [3.63, 3.8) is 0 Å². The van der Waals surface area contributed by atoms with E-state index in [4.69, 9.17) is 4.74 Å². The summed E-state index contributed by atoms with van der Waals surface area (Å²) in [6, 6.07) is 6.66. The molecule has 7 heteroatoms. The topological polar surface area (TPSA) is 74.1 Å². The molecule has 0 saturated heterocycles. The average Bonchev–Trinajstić information content (AvgIpc) is 3.05. The van der Waals surface area contributed by atoms with Crippen molar-refractivity contribution in [1.82, 2.24) is 14.4 Å². The Morgan fingerprint density at radius 3 is 2.56 bits per heavy atom. The molecule has 0 amide bonds. The minimum absolute atomic E-state index is 0.0665. The van der Waals surface area contributed by atoms with Crippen LogP contribution in [0.1, 0.15) is 31.5 Å². The maximum atomic E-state index is 12.6. The van der Waals surface area contributed by atoms with Gasteiger partial charge in [0.2, 0.25) is 0 Å². The van der Waals surface area contributed by atoms with Gasteiger partial charge in [0.25, 0.3) is 10.0 Å². The predicted octanol–water partition coefficient (Wildman–Crippen LogP) is 2.98. The molecular formula is C18H25N3O3S. The molecule has 6 nitrogen and oxygen atoms in total. The van der Waals surface area contributed by atoms with Gasteiger partial charge in [0.05, 0.1) is 29.5 Å². The van der Waals surface area contributed by atoms with Crippen molar-refractivity contribution in [2.75, 3.05) is 6.61 Å². The molecule has 0 aliphatic carbocycles. The molecule has 1 heterocycles. The summed E-state index contributed by atoms with van der Waals surface area (Å²) in [4.78, 5) is 0.198. The highest BCUT2D eigenvalue weighted by atomic mass is 32.2. The summed E-state index contributed by atoms with van der Waals surface area (Å²) < 4.78 is 31.8. The predicted molar refractivity (Wildman–Crippen MR) is 96.9 cm³/mol. The quantitative estimate of drug-likeness (QED) is 0.640. The molecule has 136 valence electrons. The average molecular weight is 363 g/mol. The number of benzene rings is 1. The van der Waals surface area contributed by atoms with Gasteiger partial charge in [0.1, 0.15) is 0 Å². The number of rotatable bonds is 9. The minimum atomic E-state index is -3.71. The van der Waals surface area contributed by atoms with Gasteiger partial charge in [-0.25, -0.2) is 0 Å². The Labute approximate surface area is 149 Å². The van der Waals surface area contributed by atoms with Crippen LogP contribution in [0.5, 0.6) is 0 Å². The Morgan fingerprint density at radius 2 is 1.96 bits per heavy atom. The smallest absolute Gasteiger partial charge is 0.284 e. The van der Waals surface area contributed by atoms with Crippen molar-refractivity contribution in [3.8, 4) is 0 Å². The van der Waals surface area contributed by atoms with Gasteiger partial charge in [-0.3, -0.25) is 0 Å². The lowest BCUT2D eigenvalue weighted by Crippen LogP contribution is -2.20. The largest absolute Gasteiger partial charge is 0.374 e. The molecule has 0 fully saturated rings. The summed E-state index contributed by atoms with van der Waals surface area (Å²) in [6.45, 7) is 10.2. The maximum absolute atomic E-state index is 12.6. The fourth-order valence-corrected chi connectivity index (χ4v) is 3.51. The van der Waals surface area contributed by atoms with Crippen molar-refractivity contribution < 1.29 is 13.2 Å². The zero-order valence-corrected chi connectivity index (χ0v) is 15.7. The lowest BCUT2D eigenvalue weighted by molar-refractivity contribution is 0.0345. The first kappa shape index (κ1) is 19.3. The molecule has 0 spiro atoms. The molecule has 25 heavy (non-hydrogen) atoms. The lowest BCUT2D eigenvalue weighted by atomic mass is 10.0. The monoisotopic (exact) mass is 363 g/mol. The second kappa shape index (κ2) is 8.40. The van der Waals surface area contributed by atoms with Crippen LogP contribution in [0.25, 0.3) is 0 Å². The molecule has 0 aliphatic rings. The second-order valence-electron chi connectivity index (χ2n) is 6.34. The molecule has 1 aromatic carbocycles. The molecule has 0 N–H and O–H groups in total. The van der Waals surface area contributed by atoms with Gasteiger partial charge >= 0.3 is 0 Å². The van der Waals surface area contributed by atoms with Gasteiger partial charge < -0.3 is 4.74 Å². The summed E-state index contributed by atoms with van der Waals surface area (Å²) in [5.41, 5.74) is 1.63. The van der Waals surface area contributed by atoms with Gasteiger partial charge in [0.15, 0.2) is 0 Å². The summed E-state index contributed by atoms with van der Waals surface area (Å²) >= 11 is 0. The van der Waals surface area contributed by atoms with Crippen LogP contribution in [0.3, 0.4) is 0 Å². The van der Waals surface area contributed by atoms with Crippen LogP contribution < -0.4 is 0 Å². The zero-order chi connectivity index (χ0) is 18.4. The Kier molecular flexibility index (Phi) is 6.50. The number of aryl methyl sites for hydroxylation is 2. The van der Waals surface area contributed by atoms with E-state index in [0.717, 1.165) is 16.1 Å². The highest BCUT2D eigenvalue weighted by molar-refractivity contribution is 7.89. The number of aromatic nitrogens is 3. The summed E-state index contributed by atoms with van der Waals surface area (Å²) in [7, 11) is -3.71. The molecule has 1 aromatic heterocycles. The molecule has 2 aromatic rings. The first-order valence-corrected chi connectivity index (χ1v) is 9.74. The Hall–Kier alpha value is -1.99. The van der Waals surface area contributed by atoms with E-state index in [1.165, 1.54) is 6.20 Å². The van der Waals surface area contributed by atoms with Gasteiger partial charge in [-0.05, 0) is 37.8 Å². The van der Waals surface area contributed by atoms with Gasteiger partial charge in [-0.2, -0.15) is 8.42 Å². The van der Waals surface area contributed by atoms with E-state index in [-0.39, 0.29) is 11.0 Å². The van der Waals surface area contributed by atoms with E-state index in [1.54, 1.807) is 30.3 Å². The van der Waals surface area contributed by atoms with E-state index in [2.05, 4.69) is 30.7 Å². The van der Waals surface area contributed by atoms with Crippen LogP contribution in [0.4, 0.5) is 0 Å². The lowest BCUT2D eigenvalue weighted by Gasteiger charge is -2.20. The van der Waals surface area contributed by atoms with Gasteiger partial charge in [0, 0.05) is 0 Å². The maximum Gasteiger partial charge on any atom is 0.284 e. The Balaban J connectivity index is 2.08. The molecule has 1 unspecified atom stereocenters. The van der Waals surface area contributed by atoms with E-state index < -0.39 is 10.0 Å². The van der Waals surface area contributed by atoms with Crippen LogP contribution in [0.15, 0.2) is 48.0 Å². The van der Waals surface area contributed by atoms with Crippen LogP contribution in [0, 0.1) is 12.8 Å². The zero-order valence-electron chi connectivity index (χ0n) is 14.9. The second-order valence-corrected chi connectivity index (χ2v) is 8.14. The van der Waals surface area contributed by atoms with E-state index in [0.29, 0.717) is 24.6 Å². The third-order valence-corrected chi connectivity index (χ3v) is 5.48. The fraction of sp³-hybridized carbons (Fsp3) is 0.444. The van der Waals surface area contributed by atoms with Gasteiger partial charge in [-0.15, -0.1) is 15.8 Å². The first-order chi connectivity index (χ1) is 11.8. The Morgan fingerprint density at radius 1 is 1.28 bits per heavy atom.